The summed E-state index contributed by atoms with van der Waals surface area (Å²) in [4.78, 5) is 27.6. The van der Waals surface area contributed by atoms with E-state index in [1.807, 2.05) is 11.6 Å². The molecule has 3 rings (SSSR count). The van der Waals surface area contributed by atoms with Crippen LogP contribution >= 0.6 is 11.3 Å². The predicted octanol–water partition coefficient (Wildman–Crippen LogP) is 1.43. The molecule has 0 fully saturated rings. The van der Waals surface area contributed by atoms with Crippen molar-refractivity contribution in [3.63, 3.8) is 0 Å². The van der Waals surface area contributed by atoms with Crippen molar-refractivity contribution in [3.05, 3.63) is 28.8 Å². The van der Waals surface area contributed by atoms with Gasteiger partial charge in [0.05, 0.1) is 17.8 Å². The van der Waals surface area contributed by atoms with E-state index in [0.717, 1.165) is 29.9 Å². The highest BCUT2D eigenvalue weighted by Crippen LogP contribution is 2.28. The average molecular weight is 332 g/mol. The summed E-state index contributed by atoms with van der Waals surface area (Å²) in [7, 11) is 0. The van der Waals surface area contributed by atoms with Crippen LogP contribution in [0.15, 0.2) is 23.0 Å². The fraction of sp³-hybridized carbons (Fsp3) is 0.438. The maximum absolute atomic E-state index is 12.3. The second kappa shape index (κ2) is 6.95. The van der Waals surface area contributed by atoms with Gasteiger partial charge >= 0.3 is 0 Å². The van der Waals surface area contributed by atoms with Gasteiger partial charge in [0, 0.05) is 43.9 Å². The summed E-state index contributed by atoms with van der Waals surface area (Å²) in [6.07, 6.45) is 3.52. The van der Waals surface area contributed by atoms with E-state index >= 15 is 0 Å². The van der Waals surface area contributed by atoms with Gasteiger partial charge in [0.25, 0.3) is 0 Å². The lowest BCUT2D eigenvalue weighted by Crippen LogP contribution is -2.39. The summed E-state index contributed by atoms with van der Waals surface area (Å²) in [5, 5.41) is 9.72. The molecule has 122 valence electrons. The Morgan fingerprint density at radius 1 is 1.39 bits per heavy atom. The SMILES string of the molecule is CC(=O)NCCNC(=O)C1CCc2ncc(-c3ccsc3)n2C1. The highest BCUT2D eigenvalue weighted by Gasteiger charge is 2.27. The van der Waals surface area contributed by atoms with Crippen LogP contribution in [0.25, 0.3) is 11.3 Å². The monoisotopic (exact) mass is 332 g/mol. The summed E-state index contributed by atoms with van der Waals surface area (Å²) < 4.78 is 2.16. The lowest BCUT2D eigenvalue weighted by molar-refractivity contribution is -0.126. The molecule has 1 unspecified atom stereocenters. The molecule has 23 heavy (non-hydrogen) atoms. The number of carbonyl (C=O) groups is 2. The zero-order chi connectivity index (χ0) is 16.2. The average Bonchev–Trinajstić information content (AvgIpc) is 3.19. The van der Waals surface area contributed by atoms with E-state index in [-0.39, 0.29) is 17.7 Å². The number of hydrogen-bond donors (Lipinski definition) is 2. The van der Waals surface area contributed by atoms with Crippen LogP contribution in [0.4, 0.5) is 0 Å². The normalized spacial score (nSPS) is 16.7. The molecule has 2 N–H and O–H groups in total. The smallest absolute Gasteiger partial charge is 0.224 e. The number of nitrogens with zero attached hydrogens (tertiary/aromatic N) is 2. The van der Waals surface area contributed by atoms with E-state index in [4.69, 9.17) is 0 Å². The van der Waals surface area contributed by atoms with Crippen molar-refractivity contribution in [1.29, 1.82) is 0 Å². The molecule has 1 aliphatic rings. The number of nitrogens with one attached hydrogen (secondary N) is 2. The molecule has 0 radical (unpaired) electrons. The van der Waals surface area contributed by atoms with Gasteiger partial charge in [-0.05, 0) is 17.9 Å². The van der Waals surface area contributed by atoms with Crippen LogP contribution in [-0.2, 0) is 22.6 Å². The maximum atomic E-state index is 12.3. The minimum atomic E-state index is -0.0830. The Morgan fingerprint density at radius 3 is 2.96 bits per heavy atom. The quantitative estimate of drug-likeness (QED) is 0.813. The molecule has 7 heteroatoms. The third kappa shape index (κ3) is 3.61. The fourth-order valence-electron chi connectivity index (χ4n) is 2.86. The third-order valence-electron chi connectivity index (χ3n) is 4.04. The molecular formula is C16H20N4O2S. The summed E-state index contributed by atoms with van der Waals surface area (Å²) in [5.74, 6) is 0.964. The van der Waals surface area contributed by atoms with Crippen molar-refractivity contribution in [2.45, 2.75) is 26.3 Å². The van der Waals surface area contributed by atoms with Crippen molar-refractivity contribution in [2.24, 2.45) is 5.92 Å². The minimum Gasteiger partial charge on any atom is -0.355 e. The third-order valence-corrected chi connectivity index (χ3v) is 4.73. The number of rotatable bonds is 5. The Balaban J connectivity index is 1.62. The Labute approximate surface area is 138 Å². The number of imidazole rings is 1. The molecule has 3 heterocycles. The van der Waals surface area contributed by atoms with Crippen LogP contribution < -0.4 is 10.6 Å². The molecule has 0 saturated heterocycles. The van der Waals surface area contributed by atoms with Gasteiger partial charge in [-0.1, -0.05) is 0 Å². The zero-order valence-electron chi connectivity index (χ0n) is 13.0. The van der Waals surface area contributed by atoms with Crippen LogP contribution in [0.2, 0.25) is 0 Å². The highest BCUT2D eigenvalue weighted by atomic mass is 32.1. The Kier molecular flexibility index (Phi) is 4.76. The number of fused-ring (bicyclic) bond motifs is 1. The van der Waals surface area contributed by atoms with Crippen molar-refractivity contribution in [3.8, 4) is 11.3 Å². The minimum absolute atomic E-state index is 0.0472. The molecule has 0 aliphatic carbocycles. The summed E-state index contributed by atoms with van der Waals surface area (Å²) >= 11 is 1.66. The summed E-state index contributed by atoms with van der Waals surface area (Å²) in [5.41, 5.74) is 2.23. The van der Waals surface area contributed by atoms with E-state index < -0.39 is 0 Å². The standard InChI is InChI=1S/C16H20N4O2S/c1-11(21)17-5-6-18-16(22)12-2-3-15-19-8-14(20(15)9-12)13-4-7-23-10-13/h4,7-8,10,12H,2-3,5-6,9H2,1H3,(H,17,21)(H,18,22). The number of carbonyl (C=O) groups excluding carboxylic acids is 2. The molecule has 2 aromatic heterocycles. The van der Waals surface area contributed by atoms with Crippen LogP contribution in [0, 0.1) is 5.92 Å². The zero-order valence-corrected chi connectivity index (χ0v) is 13.9. The van der Waals surface area contributed by atoms with E-state index in [9.17, 15) is 9.59 Å². The second-order valence-electron chi connectivity index (χ2n) is 5.69. The molecule has 0 spiro atoms. The lowest BCUT2D eigenvalue weighted by atomic mass is 9.98. The first-order chi connectivity index (χ1) is 11.1. The van der Waals surface area contributed by atoms with Gasteiger partial charge in [-0.25, -0.2) is 4.98 Å². The first-order valence-electron chi connectivity index (χ1n) is 7.74. The van der Waals surface area contributed by atoms with Gasteiger partial charge in [-0.3, -0.25) is 9.59 Å². The van der Waals surface area contributed by atoms with E-state index in [0.29, 0.717) is 19.6 Å². The van der Waals surface area contributed by atoms with Crippen LogP contribution in [0.5, 0.6) is 0 Å². The Bertz CT molecular complexity index is 693. The number of aromatic nitrogens is 2. The van der Waals surface area contributed by atoms with Crippen LogP contribution in [0.1, 0.15) is 19.2 Å². The first-order valence-corrected chi connectivity index (χ1v) is 8.68. The van der Waals surface area contributed by atoms with Gasteiger partial charge in [0.1, 0.15) is 5.82 Å². The van der Waals surface area contributed by atoms with E-state index in [1.165, 1.54) is 6.92 Å². The Hall–Kier alpha value is -2.15. The molecule has 0 aromatic carbocycles. The van der Waals surface area contributed by atoms with Crippen molar-refractivity contribution in [2.75, 3.05) is 13.1 Å². The van der Waals surface area contributed by atoms with Gasteiger partial charge < -0.3 is 15.2 Å². The summed E-state index contributed by atoms with van der Waals surface area (Å²) in [6.45, 7) is 3.05. The number of aryl methyl sites for hydroxylation is 1. The molecule has 2 aromatic rings. The fourth-order valence-corrected chi connectivity index (χ4v) is 3.51. The van der Waals surface area contributed by atoms with Crippen LogP contribution in [-0.4, -0.2) is 34.5 Å². The number of amides is 2. The molecule has 1 aliphatic heterocycles. The molecule has 2 amide bonds. The van der Waals surface area contributed by atoms with Gasteiger partial charge in [-0.15, -0.1) is 0 Å². The number of hydrogen-bond acceptors (Lipinski definition) is 4. The number of thiophene rings is 1. The van der Waals surface area contributed by atoms with Crippen molar-refractivity contribution >= 4 is 23.2 Å². The highest BCUT2D eigenvalue weighted by molar-refractivity contribution is 7.08. The van der Waals surface area contributed by atoms with Crippen LogP contribution in [0.3, 0.4) is 0 Å². The van der Waals surface area contributed by atoms with Gasteiger partial charge in [0.2, 0.25) is 11.8 Å². The molecule has 0 bridgehead atoms. The lowest BCUT2D eigenvalue weighted by Gasteiger charge is -2.24. The van der Waals surface area contributed by atoms with E-state index in [2.05, 4.69) is 31.6 Å². The summed E-state index contributed by atoms with van der Waals surface area (Å²) in [6, 6.07) is 2.08. The van der Waals surface area contributed by atoms with Gasteiger partial charge in [-0.2, -0.15) is 11.3 Å². The van der Waals surface area contributed by atoms with Crippen molar-refractivity contribution in [1.82, 2.24) is 20.2 Å². The largest absolute Gasteiger partial charge is 0.355 e. The predicted molar refractivity (Wildman–Crippen MR) is 89.0 cm³/mol. The Morgan fingerprint density at radius 2 is 2.22 bits per heavy atom. The topological polar surface area (TPSA) is 76.0 Å². The molecular weight excluding hydrogens is 312 g/mol. The molecule has 1 atom stereocenters. The van der Waals surface area contributed by atoms with Gasteiger partial charge in [0.15, 0.2) is 0 Å². The first kappa shape index (κ1) is 15.7. The molecule has 0 saturated carbocycles. The molecule has 6 nitrogen and oxygen atoms in total. The second-order valence-corrected chi connectivity index (χ2v) is 6.47. The van der Waals surface area contributed by atoms with E-state index in [1.54, 1.807) is 11.3 Å². The maximum Gasteiger partial charge on any atom is 0.224 e. The van der Waals surface area contributed by atoms with Crippen molar-refractivity contribution < 1.29 is 9.59 Å².